The van der Waals surface area contributed by atoms with Gasteiger partial charge < -0.3 is 14.4 Å². The number of hydrogen-bond donors (Lipinski definition) is 0. The van der Waals surface area contributed by atoms with Crippen molar-refractivity contribution < 1.29 is 19.1 Å². The van der Waals surface area contributed by atoms with Crippen LogP contribution in [0.25, 0.3) is 0 Å². The van der Waals surface area contributed by atoms with Crippen LogP contribution in [-0.4, -0.2) is 44.1 Å². The van der Waals surface area contributed by atoms with Gasteiger partial charge in [0.2, 0.25) is 0 Å². The Morgan fingerprint density at radius 3 is 2.06 bits per heavy atom. The molecule has 0 heterocycles. The SMILES string of the molecule is CCOC(=O)/C=C(/C=C(\C)N(C)C)C(=O)OCC. The first-order chi connectivity index (χ1) is 8.42. The van der Waals surface area contributed by atoms with Crippen LogP contribution in [0, 0.1) is 0 Å². The fraction of sp³-hybridized carbons (Fsp3) is 0.538. The van der Waals surface area contributed by atoms with Gasteiger partial charge in [-0.2, -0.15) is 0 Å². The molecule has 0 aromatic carbocycles. The highest BCUT2D eigenvalue weighted by molar-refractivity contribution is 5.98. The lowest BCUT2D eigenvalue weighted by molar-refractivity contribution is -0.140. The minimum Gasteiger partial charge on any atom is -0.463 e. The highest BCUT2D eigenvalue weighted by atomic mass is 16.5. The molecule has 0 saturated carbocycles. The van der Waals surface area contributed by atoms with Gasteiger partial charge in [-0.1, -0.05) is 0 Å². The van der Waals surface area contributed by atoms with Crippen LogP contribution in [-0.2, 0) is 19.1 Å². The fourth-order valence-electron chi connectivity index (χ4n) is 1.04. The Hall–Kier alpha value is -1.78. The van der Waals surface area contributed by atoms with E-state index in [2.05, 4.69) is 0 Å². The number of allylic oxidation sites excluding steroid dienone is 1. The van der Waals surface area contributed by atoms with Crippen molar-refractivity contribution in [2.45, 2.75) is 20.8 Å². The topological polar surface area (TPSA) is 55.8 Å². The van der Waals surface area contributed by atoms with Crippen molar-refractivity contribution in [1.82, 2.24) is 4.90 Å². The predicted octanol–water partition coefficient (Wildman–Crippen LogP) is 1.50. The lowest BCUT2D eigenvalue weighted by atomic mass is 10.2. The molecule has 0 amide bonds. The summed E-state index contributed by atoms with van der Waals surface area (Å²) in [7, 11) is 3.69. The van der Waals surface area contributed by atoms with Crippen molar-refractivity contribution in [3.05, 3.63) is 23.4 Å². The second kappa shape index (κ2) is 8.33. The minimum absolute atomic E-state index is 0.182. The van der Waals surface area contributed by atoms with Gasteiger partial charge >= 0.3 is 11.9 Å². The number of carbonyl (C=O) groups is 2. The summed E-state index contributed by atoms with van der Waals surface area (Å²) in [5.41, 5.74) is 1.01. The molecular weight excluding hydrogens is 234 g/mol. The van der Waals surface area contributed by atoms with Gasteiger partial charge in [-0.15, -0.1) is 0 Å². The quantitative estimate of drug-likeness (QED) is 0.409. The van der Waals surface area contributed by atoms with E-state index in [1.807, 2.05) is 25.9 Å². The fourth-order valence-corrected chi connectivity index (χ4v) is 1.04. The average Bonchev–Trinajstić information content (AvgIpc) is 2.28. The van der Waals surface area contributed by atoms with Crippen LogP contribution in [0.1, 0.15) is 20.8 Å². The third-order valence-electron chi connectivity index (χ3n) is 2.14. The van der Waals surface area contributed by atoms with Crippen molar-refractivity contribution in [2.75, 3.05) is 27.3 Å². The van der Waals surface area contributed by atoms with Crippen molar-refractivity contribution in [1.29, 1.82) is 0 Å². The Morgan fingerprint density at radius 2 is 1.61 bits per heavy atom. The Bertz CT molecular complexity index is 356. The zero-order chi connectivity index (χ0) is 14.1. The maximum atomic E-state index is 11.7. The van der Waals surface area contributed by atoms with Gasteiger partial charge in [-0.25, -0.2) is 9.59 Å². The lowest BCUT2D eigenvalue weighted by Gasteiger charge is -2.13. The lowest BCUT2D eigenvalue weighted by Crippen LogP contribution is -2.13. The van der Waals surface area contributed by atoms with E-state index in [0.717, 1.165) is 11.8 Å². The van der Waals surface area contributed by atoms with Gasteiger partial charge in [0, 0.05) is 25.9 Å². The number of nitrogens with zero attached hydrogens (tertiary/aromatic N) is 1. The van der Waals surface area contributed by atoms with Crippen LogP contribution in [0.4, 0.5) is 0 Å². The maximum Gasteiger partial charge on any atom is 0.338 e. The number of ether oxygens (including phenoxy) is 2. The minimum atomic E-state index is -0.552. The molecule has 0 spiro atoms. The summed E-state index contributed by atoms with van der Waals surface area (Å²) in [6, 6.07) is 0. The first-order valence-electron chi connectivity index (χ1n) is 5.83. The van der Waals surface area contributed by atoms with Gasteiger partial charge in [0.15, 0.2) is 0 Å². The second-order valence-electron chi connectivity index (χ2n) is 3.75. The summed E-state index contributed by atoms with van der Waals surface area (Å²) in [4.78, 5) is 24.9. The molecule has 0 aliphatic carbocycles. The van der Waals surface area contributed by atoms with Crippen molar-refractivity contribution in [2.24, 2.45) is 0 Å². The normalized spacial score (nSPS) is 12.1. The first kappa shape index (κ1) is 16.2. The molecule has 0 radical (unpaired) electrons. The molecule has 0 bridgehead atoms. The van der Waals surface area contributed by atoms with E-state index in [-0.39, 0.29) is 18.8 Å². The molecule has 18 heavy (non-hydrogen) atoms. The van der Waals surface area contributed by atoms with Crippen LogP contribution in [0.5, 0.6) is 0 Å². The number of carbonyl (C=O) groups excluding carboxylic acids is 2. The molecule has 0 fully saturated rings. The van der Waals surface area contributed by atoms with Gasteiger partial charge in [-0.3, -0.25) is 0 Å². The molecule has 0 N–H and O–H groups in total. The molecular formula is C13H21NO4. The third kappa shape index (κ3) is 6.08. The van der Waals surface area contributed by atoms with E-state index in [0.29, 0.717) is 0 Å². The first-order valence-corrected chi connectivity index (χ1v) is 5.83. The van der Waals surface area contributed by atoms with Gasteiger partial charge in [0.05, 0.1) is 18.8 Å². The van der Waals surface area contributed by atoms with Crippen molar-refractivity contribution >= 4 is 11.9 Å². The number of rotatable bonds is 6. The highest BCUT2D eigenvalue weighted by Crippen LogP contribution is 2.07. The zero-order valence-electron chi connectivity index (χ0n) is 11.6. The molecule has 0 aliphatic rings. The van der Waals surface area contributed by atoms with E-state index in [9.17, 15) is 9.59 Å². The monoisotopic (exact) mass is 255 g/mol. The van der Waals surface area contributed by atoms with E-state index in [1.54, 1.807) is 19.9 Å². The van der Waals surface area contributed by atoms with Crippen molar-refractivity contribution in [3.63, 3.8) is 0 Å². The summed E-state index contributed by atoms with van der Waals surface area (Å²) in [5.74, 6) is -1.09. The van der Waals surface area contributed by atoms with Crippen LogP contribution < -0.4 is 0 Å². The molecule has 0 rings (SSSR count). The number of esters is 2. The third-order valence-corrected chi connectivity index (χ3v) is 2.14. The van der Waals surface area contributed by atoms with E-state index >= 15 is 0 Å². The van der Waals surface area contributed by atoms with Gasteiger partial charge in [0.25, 0.3) is 0 Å². The van der Waals surface area contributed by atoms with Crippen LogP contribution in [0.3, 0.4) is 0 Å². The smallest absolute Gasteiger partial charge is 0.338 e. The molecule has 0 unspecified atom stereocenters. The van der Waals surface area contributed by atoms with Crippen molar-refractivity contribution in [3.8, 4) is 0 Å². The molecule has 5 heteroatoms. The average molecular weight is 255 g/mol. The Kier molecular flexibility index (Phi) is 7.51. The summed E-state index contributed by atoms with van der Waals surface area (Å²) >= 11 is 0. The zero-order valence-corrected chi connectivity index (χ0v) is 11.6. The largest absolute Gasteiger partial charge is 0.463 e. The maximum absolute atomic E-state index is 11.7. The Labute approximate surface area is 108 Å². The van der Waals surface area contributed by atoms with E-state index in [4.69, 9.17) is 9.47 Å². The second-order valence-corrected chi connectivity index (χ2v) is 3.75. The molecule has 5 nitrogen and oxygen atoms in total. The van der Waals surface area contributed by atoms with E-state index in [1.165, 1.54) is 0 Å². The van der Waals surface area contributed by atoms with Crippen LogP contribution in [0.15, 0.2) is 23.4 Å². The Morgan fingerprint density at radius 1 is 1.06 bits per heavy atom. The predicted molar refractivity (Wildman–Crippen MR) is 68.8 cm³/mol. The number of hydrogen-bond acceptors (Lipinski definition) is 5. The molecule has 0 aromatic rings. The van der Waals surface area contributed by atoms with Crippen LogP contribution in [0.2, 0.25) is 0 Å². The van der Waals surface area contributed by atoms with Gasteiger partial charge in [0.1, 0.15) is 0 Å². The Balaban J connectivity index is 5.12. The molecule has 102 valence electrons. The molecule has 0 aromatic heterocycles. The summed E-state index contributed by atoms with van der Waals surface area (Å²) in [6.07, 6.45) is 2.74. The standard InChI is InChI=1S/C13H21NO4/c1-6-17-12(15)9-11(13(16)18-7-2)8-10(3)14(4)5/h8-9H,6-7H2,1-5H3/b10-8+,11-9-. The summed E-state index contributed by atoms with van der Waals surface area (Å²) in [5, 5.41) is 0. The van der Waals surface area contributed by atoms with Crippen LogP contribution >= 0.6 is 0 Å². The van der Waals surface area contributed by atoms with Gasteiger partial charge in [-0.05, 0) is 26.8 Å². The highest BCUT2D eigenvalue weighted by Gasteiger charge is 2.11. The molecule has 0 atom stereocenters. The van der Waals surface area contributed by atoms with E-state index < -0.39 is 11.9 Å². The molecule has 0 saturated heterocycles. The summed E-state index contributed by atoms with van der Waals surface area (Å²) < 4.78 is 9.66. The molecule has 0 aliphatic heterocycles. The summed E-state index contributed by atoms with van der Waals surface area (Å²) in [6.45, 7) is 5.77.